The smallest absolute Gasteiger partial charge is 0.255 e. The second-order valence-corrected chi connectivity index (χ2v) is 4.73. The Balaban J connectivity index is 1.88. The van der Waals surface area contributed by atoms with Crippen molar-refractivity contribution in [2.75, 3.05) is 5.32 Å². The predicted octanol–water partition coefficient (Wildman–Crippen LogP) is 2.09. The summed E-state index contributed by atoms with van der Waals surface area (Å²) in [5.74, 6) is 0.229. The number of rotatable bonds is 2. The molecule has 0 aliphatic carbocycles. The molecule has 0 atom stereocenters. The van der Waals surface area contributed by atoms with Crippen LogP contribution in [0, 0.1) is 6.92 Å². The summed E-state index contributed by atoms with van der Waals surface area (Å²) < 4.78 is 6.78. The topological polar surface area (TPSA) is 77.1 Å². The van der Waals surface area contributed by atoms with Crippen LogP contribution in [0.15, 0.2) is 45.7 Å². The molecule has 3 rings (SSSR count). The monoisotopic (exact) mass is 283 g/mol. The Bertz CT molecular complexity index is 893. The minimum Gasteiger partial charge on any atom is -0.441 e. The highest BCUT2D eigenvalue weighted by Gasteiger charge is 2.09. The largest absolute Gasteiger partial charge is 0.441 e. The number of anilines is 1. The molecule has 106 valence electrons. The van der Waals surface area contributed by atoms with Gasteiger partial charge in [-0.1, -0.05) is 0 Å². The number of hydrogen-bond donors (Lipinski definition) is 1. The molecule has 6 heteroatoms. The van der Waals surface area contributed by atoms with Crippen LogP contribution in [-0.4, -0.2) is 15.5 Å². The molecule has 2 heterocycles. The van der Waals surface area contributed by atoms with Gasteiger partial charge in [0, 0.05) is 37.5 Å². The highest BCUT2D eigenvalue weighted by atomic mass is 16.3. The predicted molar refractivity (Wildman–Crippen MR) is 78.4 cm³/mol. The van der Waals surface area contributed by atoms with Crippen molar-refractivity contribution in [2.45, 2.75) is 6.92 Å². The molecule has 0 fully saturated rings. The normalized spacial score (nSPS) is 10.8. The number of aryl methyl sites for hydroxylation is 2. The van der Waals surface area contributed by atoms with Gasteiger partial charge in [-0.05, 0) is 24.3 Å². The fraction of sp³-hybridized carbons (Fsp3) is 0.133. The van der Waals surface area contributed by atoms with Crippen molar-refractivity contribution in [3.63, 3.8) is 0 Å². The van der Waals surface area contributed by atoms with Gasteiger partial charge in [0.15, 0.2) is 11.5 Å². The van der Waals surface area contributed by atoms with Crippen molar-refractivity contribution in [2.24, 2.45) is 7.05 Å². The quantitative estimate of drug-likeness (QED) is 0.781. The number of nitrogens with zero attached hydrogens (tertiary/aromatic N) is 2. The van der Waals surface area contributed by atoms with Gasteiger partial charge in [-0.15, -0.1) is 0 Å². The third kappa shape index (κ3) is 2.55. The first-order valence-corrected chi connectivity index (χ1v) is 6.38. The van der Waals surface area contributed by atoms with E-state index >= 15 is 0 Å². The molecule has 3 aromatic rings. The Kier molecular flexibility index (Phi) is 3.06. The number of hydrogen-bond acceptors (Lipinski definition) is 4. The van der Waals surface area contributed by atoms with Gasteiger partial charge in [-0.3, -0.25) is 9.59 Å². The number of aromatic nitrogens is 2. The fourth-order valence-corrected chi connectivity index (χ4v) is 2.01. The second kappa shape index (κ2) is 4.90. The maximum Gasteiger partial charge on any atom is 0.255 e. The summed E-state index contributed by atoms with van der Waals surface area (Å²) in [5, 5.41) is 2.74. The molecule has 6 nitrogen and oxygen atoms in total. The minimum absolute atomic E-state index is 0.231. The Morgan fingerprint density at radius 3 is 2.86 bits per heavy atom. The zero-order valence-electron chi connectivity index (χ0n) is 11.6. The first-order valence-electron chi connectivity index (χ1n) is 6.38. The lowest BCUT2D eigenvalue weighted by atomic mass is 10.2. The highest BCUT2D eigenvalue weighted by molar-refractivity contribution is 6.04. The van der Waals surface area contributed by atoms with Crippen LogP contribution in [0.2, 0.25) is 0 Å². The van der Waals surface area contributed by atoms with E-state index in [1.807, 2.05) is 0 Å². The summed E-state index contributed by atoms with van der Waals surface area (Å²) in [6.45, 7) is 1.76. The van der Waals surface area contributed by atoms with E-state index in [0.717, 1.165) is 0 Å². The second-order valence-electron chi connectivity index (χ2n) is 4.73. The van der Waals surface area contributed by atoms with Gasteiger partial charge < -0.3 is 14.3 Å². The molecule has 0 unspecified atom stereocenters. The Morgan fingerprint density at radius 2 is 2.10 bits per heavy atom. The van der Waals surface area contributed by atoms with Gasteiger partial charge in [0.2, 0.25) is 0 Å². The van der Waals surface area contributed by atoms with Crippen LogP contribution in [-0.2, 0) is 7.05 Å². The number of carbonyl (C=O) groups excluding carboxylic acids is 1. The summed E-state index contributed by atoms with van der Waals surface area (Å²) in [5.41, 5.74) is 2.02. The van der Waals surface area contributed by atoms with E-state index in [1.54, 1.807) is 44.4 Å². The molecular weight excluding hydrogens is 270 g/mol. The number of nitrogens with one attached hydrogen (secondary N) is 1. The lowest BCUT2D eigenvalue weighted by molar-refractivity contribution is 0.102. The molecule has 1 aromatic carbocycles. The number of carbonyl (C=O) groups is 1. The Hall–Kier alpha value is -2.89. The third-order valence-corrected chi connectivity index (χ3v) is 3.12. The first-order chi connectivity index (χ1) is 10.0. The van der Waals surface area contributed by atoms with Crippen molar-refractivity contribution >= 4 is 22.7 Å². The van der Waals surface area contributed by atoms with Gasteiger partial charge in [0.05, 0.1) is 0 Å². The van der Waals surface area contributed by atoms with Gasteiger partial charge >= 0.3 is 0 Å². The van der Waals surface area contributed by atoms with Crippen molar-refractivity contribution in [3.05, 3.63) is 58.3 Å². The van der Waals surface area contributed by atoms with Gasteiger partial charge in [-0.25, -0.2) is 4.98 Å². The number of oxazole rings is 1. The first kappa shape index (κ1) is 13.1. The fourth-order valence-electron chi connectivity index (χ4n) is 2.01. The number of amides is 1. The average molecular weight is 283 g/mol. The Labute approximate surface area is 120 Å². The number of pyridine rings is 1. The van der Waals surface area contributed by atoms with Crippen LogP contribution >= 0.6 is 0 Å². The zero-order chi connectivity index (χ0) is 15.0. The van der Waals surface area contributed by atoms with Gasteiger partial charge in [0.1, 0.15) is 5.52 Å². The van der Waals surface area contributed by atoms with Crippen LogP contribution < -0.4 is 10.9 Å². The summed E-state index contributed by atoms with van der Waals surface area (Å²) in [6.07, 6.45) is 1.56. The van der Waals surface area contributed by atoms with E-state index in [-0.39, 0.29) is 11.5 Å². The number of fused-ring (bicyclic) bond motifs is 1. The van der Waals surface area contributed by atoms with Crippen molar-refractivity contribution in [1.29, 1.82) is 0 Å². The highest BCUT2D eigenvalue weighted by Crippen LogP contribution is 2.20. The average Bonchev–Trinajstić information content (AvgIpc) is 2.81. The van der Waals surface area contributed by atoms with E-state index in [4.69, 9.17) is 4.42 Å². The van der Waals surface area contributed by atoms with Gasteiger partial charge in [0.25, 0.3) is 11.5 Å². The van der Waals surface area contributed by atoms with E-state index in [2.05, 4.69) is 10.3 Å². The molecule has 0 aliphatic heterocycles. The molecule has 0 aliphatic rings. The summed E-state index contributed by atoms with van der Waals surface area (Å²) >= 11 is 0. The van der Waals surface area contributed by atoms with E-state index in [0.29, 0.717) is 28.2 Å². The lowest BCUT2D eigenvalue weighted by Crippen LogP contribution is -2.19. The van der Waals surface area contributed by atoms with Crippen LogP contribution in [0.1, 0.15) is 16.2 Å². The van der Waals surface area contributed by atoms with Crippen LogP contribution in [0.4, 0.5) is 5.69 Å². The maximum atomic E-state index is 12.1. The summed E-state index contributed by atoms with van der Waals surface area (Å²) in [4.78, 5) is 27.9. The van der Waals surface area contributed by atoms with E-state index in [1.165, 1.54) is 10.6 Å². The SMILES string of the molecule is Cc1nc2cc(NC(=O)c3ccn(C)c(=O)c3)ccc2o1. The molecule has 2 aromatic heterocycles. The van der Waals surface area contributed by atoms with Gasteiger partial charge in [-0.2, -0.15) is 0 Å². The van der Waals surface area contributed by atoms with Crippen LogP contribution in [0.3, 0.4) is 0 Å². The molecule has 0 saturated heterocycles. The van der Waals surface area contributed by atoms with E-state index < -0.39 is 0 Å². The summed E-state index contributed by atoms with van der Waals surface area (Å²) in [7, 11) is 1.63. The standard InChI is InChI=1S/C15H13N3O3/c1-9-16-12-8-11(3-4-13(12)21-9)17-15(20)10-5-6-18(2)14(19)7-10/h3-8H,1-2H3,(H,17,20). The summed E-state index contributed by atoms with van der Waals surface area (Å²) in [6, 6.07) is 8.09. The molecule has 21 heavy (non-hydrogen) atoms. The zero-order valence-corrected chi connectivity index (χ0v) is 11.6. The molecule has 0 radical (unpaired) electrons. The molecular formula is C15H13N3O3. The third-order valence-electron chi connectivity index (χ3n) is 3.12. The molecule has 0 saturated carbocycles. The number of benzene rings is 1. The molecule has 0 spiro atoms. The Morgan fingerprint density at radius 1 is 1.29 bits per heavy atom. The van der Waals surface area contributed by atoms with Crippen LogP contribution in [0.25, 0.3) is 11.1 Å². The van der Waals surface area contributed by atoms with Crippen molar-refractivity contribution in [3.8, 4) is 0 Å². The molecule has 1 amide bonds. The molecule has 0 bridgehead atoms. The van der Waals surface area contributed by atoms with Crippen LogP contribution in [0.5, 0.6) is 0 Å². The lowest BCUT2D eigenvalue weighted by Gasteiger charge is -2.05. The van der Waals surface area contributed by atoms with Crippen molar-refractivity contribution < 1.29 is 9.21 Å². The minimum atomic E-state index is -0.340. The maximum absolute atomic E-state index is 12.1. The van der Waals surface area contributed by atoms with Crippen molar-refractivity contribution in [1.82, 2.24) is 9.55 Å². The van der Waals surface area contributed by atoms with E-state index in [9.17, 15) is 9.59 Å². The molecule has 1 N–H and O–H groups in total.